The lowest BCUT2D eigenvalue weighted by atomic mass is 10.1. The maximum absolute atomic E-state index is 13.8. The van der Waals surface area contributed by atoms with Gasteiger partial charge in [0, 0.05) is 31.6 Å². The van der Waals surface area contributed by atoms with Crippen molar-refractivity contribution in [3.05, 3.63) is 100 Å². The van der Waals surface area contributed by atoms with E-state index >= 15 is 0 Å². The van der Waals surface area contributed by atoms with Crippen molar-refractivity contribution in [3.8, 4) is 0 Å². The third-order valence-corrected chi connectivity index (χ3v) is 6.36. The summed E-state index contributed by atoms with van der Waals surface area (Å²) in [7, 11) is 0. The first-order chi connectivity index (χ1) is 17.6. The number of aromatic nitrogens is 1. The van der Waals surface area contributed by atoms with Gasteiger partial charge in [-0.3, -0.25) is 15.3 Å². The molecule has 5 rings (SSSR count). The number of hydrogen-bond donors (Lipinski definition) is 1. The number of esters is 1. The second kappa shape index (κ2) is 10.1. The number of hydrogen-bond acceptors (Lipinski definition) is 7. The van der Waals surface area contributed by atoms with E-state index in [4.69, 9.17) is 14.9 Å². The fourth-order valence-corrected chi connectivity index (χ4v) is 4.66. The number of anilines is 1. The number of rotatable bonds is 6. The average Bonchev–Trinajstić information content (AvgIpc) is 3.45. The summed E-state index contributed by atoms with van der Waals surface area (Å²) in [4.78, 5) is 43.3. The Labute approximate surface area is 207 Å². The van der Waals surface area contributed by atoms with Gasteiger partial charge in [-0.25, -0.2) is 4.79 Å². The Morgan fingerprint density at radius 2 is 1.64 bits per heavy atom. The van der Waals surface area contributed by atoms with Crippen LogP contribution in [0.3, 0.4) is 0 Å². The van der Waals surface area contributed by atoms with Crippen LogP contribution in [-0.4, -0.2) is 54.3 Å². The smallest absolute Gasteiger partial charge is 0.347 e. The van der Waals surface area contributed by atoms with E-state index in [0.29, 0.717) is 43.9 Å². The van der Waals surface area contributed by atoms with Crippen LogP contribution in [0.4, 0.5) is 5.69 Å². The summed E-state index contributed by atoms with van der Waals surface area (Å²) >= 11 is 0. The Bertz CT molecular complexity index is 1440. The Kier molecular flexibility index (Phi) is 6.55. The molecule has 1 fully saturated rings. The third-order valence-electron chi connectivity index (χ3n) is 6.36. The molecule has 3 heterocycles. The van der Waals surface area contributed by atoms with Crippen molar-refractivity contribution in [1.82, 2.24) is 9.47 Å². The van der Waals surface area contributed by atoms with Crippen LogP contribution in [0.1, 0.15) is 26.5 Å². The van der Waals surface area contributed by atoms with Crippen LogP contribution in [0.15, 0.2) is 82.2 Å². The molecule has 36 heavy (non-hydrogen) atoms. The number of carbonyl (C=O) groups excluding carboxylic acids is 2. The molecule has 1 aliphatic rings. The van der Waals surface area contributed by atoms with Crippen LogP contribution in [0, 0.1) is 0 Å². The van der Waals surface area contributed by atoms with Gasteiger partial charge in [0.15, 0.2) is 5.76 Å². The molecule has 2 aromatic carbocycles. The van der Waals surface area contributed by atoms with Gasteiger partial charge in [-0.1, -0.05) is 48.5 Å². The Hall–Kier alpha value is -4.37. The molecule has 1 amide bonds. The van der Waals surface area contributed by atoms with Gasteiger partial charge in [-0.2, -0.15) is 0 Å². The number of piperazine rings is 1. The summed E-state index contributed by atoms with van der Waals surface area (Å²) in [6.07, 6.45) is 1.47. The quantitative estimate of drug-likeness (QED) is 0.329. The maximum Gasteiger partial charge on any atom is 0.347 e. The highest BCUT2D eigenvalue weighted by atomic mass is 16.5. The molecule has 0 aliphatic carbocycles. The Morgan fingerprint density at radius 3 is 2.33 bits per heavy atom. The van der Waals surface area contributed by atoms with E-state index in [1.165, 1.54) is 6.26 Å². The van der Waals surface area contributed by atoms with Crippen molar-refractivity contribution in [1.29, 1.82) is 0 Å². The minimum atomic E-state index is -0.765. The molecule has 0 radical (unpaired) electrons. The van der Waals surface area contributed by atoms with Gasteiger partial charge in [0.1, 0.15) is 12.3 Å². The first kappa shape index (κ1) is 23.4. The lowest BCUT2D eigenvalue weighted by Crippen LogP contribution is -2.49. The van der Waals surface area contributed by atoms with E-state index in [0.717, 1.165) is 10.9 Å². The number of para-hydroxylation sites is 1. The number of ether oxygens (including phenoxy) is 1. The SMILES string of the molecule is NCOC(=O)c1c(N2CCN(C(=O)c3ccco3)CC2)c2ccccc2n(Cc2ccccc2)c1=O. The van der Waals surface area contributed by atoms with Crippen LogP contribution in [0.2, 0.25) is 0 Å². The number of benzene rings is 2. The van der Waals surface area contributed by atoms with Crippen molar-refractivity contribution in [3.63, 3.8) is 0 Å². The maximum atomic E-state index is 13.8. The molecule has 184 valence electrons. The monoisotopic (exact) mass is 486 g/mol. The highest BCUT2D eigenvalue weighted by Gasteiger charge is 2.30. The predicted octanol–water partition coefficient (Wildman–Crippen LogP) is 2.68. The van der Waals surface area contributed by atoms with Gasteiger partial charge in [-0.15, -0.1) is 0 Å². The standard InChI is InChI=1S/C27H26N4O5/c28-18-36-27(34)23-24(29-12-14-30(15-13-29)25(32)22-11-6-16-35-22)20-9-4-5-10-21(20)31(26(23)33)17-19-7-2-1-3-8-19/h1-11,16H,12-15,17-18,28H2. The minimum Gasteiger partial charge on any atom is -0.459 e. The predicted molar refractivity (Wildman–Crippen MR) is 135 cm³/mol. The molecular formula is C27H26N4O5. The lowest BCUT2D eigenvalue weighted by molar-refractivity contribution is 0.0512. The van der Waals surface area contributed by atoms with E-state index in [1.807, 2.05) is 59.5 Å². The van der Waals surface area contributed by atoms with E-state index < -0.39 is 11.5 Å². The number of nitrogens with two attached hydrogens (primary N) is 1. The number of nitrogens with zero attached hydrogens (tertiary/aromatic N) is 3. The molecule has 9 heteroatoms. The van der Waals surface area contributed by atoms with E-state index in [1.54, 1.807) is 21.6 Å². The fourth-order valence-electron chi connectivity index (χ4n) is 4.66. The van der Waals surface area contributed by atoms with E-state index in [2.05, 4.69) is 0 Å². The van der Waals surface area contributed by atoms with Crippen LogP contribution < -0.4 is 16.2 Å². The molecule has 4 aromatic rings. The number of fused-ring (bicyclic) bond motifs is 1. The molecule has 9 nitrogen and oxygen atoms in total. The van der Waals surface area contributed by atoms with Crippen molar-refractivity contribution >= 4 is 28.5 Å². The molecule has 0 saturated carbocycles. The topological polar surface area (TPSA) is 111 Å². The number of amides is 1. The summed E-state index contributed by atoms with van der Waals surface area (Å²) in [6, 6.07) is 20.4. The highest BCUT2D eigenvalue weighted by molar-refractivity contribution is 6.05. The first-order valence-electron chi connectivity index (χ1n) is 11.7. The summed E-state index contributed by atoms with van der Waals surface area (Å²) in [6.45, 7) is 1.64. The van der Waals surface area contributed by atoms with Crippen LogP contribution in [0.25, 0.3) is 10.9 Å². The molecule has 2 N–H and O–H groups in total. The number of carbonyl (C=O) groups is 2. The van der Waals surface area contributed by atoms with Crippen LogP contribution in [0.5, 0.6) is 0 Å². The van der Waals surface area contributed by atoms with Crippen LogP contribution in [-0.2, 0) is 11.3 Å². The zero-order valence-corrected chi connectivity index (χ0v) is 19.6. The number of pyridine rings is 1. The van der Waals surface area contributed by atoms with Crippen molar-refractivity contribution < 1.29 is 18.7 Å². The van der Waals surface area contributed by atoms with Gasteiger partial charge < -0.3 is 23.5 Å². The second-order valence-electron chi connectivity index (χ2n) is 8.47. The van der Waals surface area contributed by atoms with Crippen molar-refractivity contribution in [2.24, 2.45) is 5.73 Å². The van der Waals surface area contributed by atoms with Gasteiger partial charge in [0.05, 0.1) is 24.0 Å². The Balaban J connectivity index is 1.57. The van der Waals surface area contributed by atoms with Gasteiger partial charge in [0.2, 0.25) is 0 Å². The summed E-state index contributed by atoms with van der Waals surface area (Å²) in [5, 5.41) is 0.753. The zero-order valence-electron chi connectivity index (χ0n) is 19.6. The van der Waals surface area contributed by atoms with Gasteiger partial charge in [0.25, 0.3) is 11.5 Å². The largest absolute Gasteiger partial charge is 0.459 e. The molecule has 1 aliphatic heterocycles. The molecule has 2 aromatic heterocycles. The highest BCUT2D eigenvalue weighted by Crippen LogP contribution is 2.31. The lowest BCUT2D eigenvalue weighted by Gasteiger charge is -2.37. The van der Waals surface area contributed by atoms with E-state index in [9.17, 15) is 14.4 Å². The summed E-state index contributed by atoms with van der Waals surface area (Å²) < 4.78 is 12.0. The van der Waals surface area contributed by atoms with E-state index in [-0.39, 0.29) is 24.0 Å². The number of furan rings is 1. The first-order valence-corrected chi connectivity index (χ1v) is 11.7. The van der Waals surface area contributed by atoms with Crippen LogP contribution >= 0.6 is 0 Å². The van der Waals surface area contributed by atoms with Crippen molar-refractivity contribution in [2.75, 3.05) is 37.8 Å². The third kappa shape index (κ3) is 4.36. The molecule has 0 unspecified atom stereocenters. The minimum absolute atomic E-state index is 0.0547. The zero-order chi connectivity index (χ0) is 25.1. The summed E-state index contributed by atoms with van der Waals surface area (Å²) in [5.41, 5.74) is 7.14. The van der Waals surface area contributed by atoms with Gasteiger partial charge in [-0.05, 0) is 23.8 Å². The molecule has 0 spiro atoms. The molecule has 0 atom stereocenters. The normalized spacial score (nSPS) is 13.7. The molecule has 1 saturated heterocycles. The second-order valence-corrected chi connectivity index (χ2v) is 8.47. The average molecular weight is 487 g/mol. The molecule has 0 bridgehead atoms. The van der Waals surface area contributed by atoms with Crippen molar-refractivity contribution in [2.45, 2.75) is 6.54 Å². The molecular weight excluding hydrogens is 460 g/mol. The summed E-state index contributed by atoms with van der Waals surface area (Å²) in [5.74, 6) is -0.672. The Morgan fingerprint density at radius 1 is 0.917 bits per heavy atom. The fraction of sp³-hybridized carbons (Fsp3) is 0.222. The van der Waals surface area contributed by atoms with Gasteiger partial charge >= 0.3 is 5.97 Å².